The molecule has 0 amide bonds. The van der Waals surface area contributed by atoms with Gasteiger partial charge in [-0.1, -0.05) is 139 Å². The van der Waals surface area contributed by atoms with Crippen LogP contribution in [-0.4, -0.2) is 5.11 Å². The van der Waals surface area contributed by atoms with Crippen molar-refractivity contribution >= 4 is 157 Å². The molecule has 0 atom stereocenters. The van der Waals surface area contributed by atoms with Crippen LogP contribution < -0.4 is 18.9 Å². The monoisotopic (exact) mass is 2410 g/mol. The highest BCUT2D eigenvalue weighted by atomic mass is 127. The lowest BCUT2D eigenvalue weighted by Gasteiger charge is -2.20. The average Bonchev–Trinajstić information content (AvgIpc) is 0.799. The zero-order chi connectivity index (χ0) is 93.7. The van der Waals surface area contributed by atoms with E-state index in [1.165, 1.54) is 102 Å². The first kappa shape index (κ1) is 100. The summed E-state index contributed by atoms with van der Waals surface area (Å²) in [4.78, 5) is 12.6. The predicted octanol–water partition coefficient (Wildman–Crippen LogP) is 33.1. The van der Waals surface area contributed by atoms with Gasteiger partial charge < -0.3 is 24.1 Å². The molecule has 0 aliphatic heterocycles. The third kappa shape index (κ3) is 29.0. The first-order valence-corrected chi connectivity index (χ1v) is 52.0. The standard InChI is InChI=1S/C33H36IOS.C27H18F6IOS.C25H18F2IOS.C25H18I2O2S/c1-32(2,3)25-9-17-29(18-10-25)36(30-19-11-26(12-20-30)33(4,5)6)31-21-15-28(16-22-31)35-23-24-7-13-27(34)14-8-24;28-26(29,30)19-3-11-23(12-4-19)36(24-13-5-20(6-14-24)27(31,32)33)25-15-9-22(10-16-25)35-17-18-1-7-21(34)8-2-18;26-19-3-11-23(12-4-19)30(24-13-5-20(27)6-14-24)25-15-9-22(10-16-25)29-17-18-1-7-21(28)8-2-18;26-23-15-18(16-24(27)25(23)28)17-29-19-11-13-22(14-12-19)30(20-7-3-1-4-8-20)21-9-5-2-6-10-21/h7-22H,23H2,1-6H3;1-16H,17H2;2*1-16H,17H2/q3*+1;/p+1. The number of phenolic OH excluding ortho intramolecular Hbond substituents is 1. The molecule has 0 aromatic heterocycles. The topological polar surface area (TPSA) is 57.2 Å². The van der Waals surface area contributed by atoms with Crippen LogP contribution in [0.5, 0.6) is 28.7 Å². The summed E-state index contributed by atoms with van der Waals surface area (Å²) in [6.45, 7) is 15.5. The van der Waals surface area contributed by atoms with Gasteiger partial charge in [-0.25, -0.2) is 8.78 Å². The SMILES string of the molecule is CC(C)(C)c1ccc([S+](c2ccc(OCc3ccc(I)cc3)cc2)c2ccc(C(C)(C)C)cc2)cc1.FC(F)(F)c1ccc([S+](c2ccc(OCc3ccc(I)cc3)cc2)c2ccc(C(F)(F)F)cc2)cc1.Fc1ccc([S+](c2ccc(F)cc2)c2ccc(OCc3ccc(I)cc3)cc2)cc1.Oc1c(I)cc(COc2ccc([S+](c3ccccc3)c3ccccc3)cc2)cc1I. The molecule has 0 spiro atoms. The van der Waals surface area contributed by atoms with Gasteiger partial charge in [0, 0.05) is 10.7 Å². The first-order chi connectivity index (χ1) is 63.2. The Morgan fingerprint density at radius 2 is 0.424 bits per heavy atom. The van der Waals surface area contributed by atoms with Crippen LogP contribution in [0.2, 0.25) is 0 Å². The normalized spacial score (nSPS) is 11.6. The maximum absolute atomic E-state index is 13.4. The number of aromatic hydroxyl groups is 1. The van der Waals surface area contributed by atoms with Crippen LogP contribution in [0.1, 0.15) is 86.1 Å². The fraction of sp³-hybridized carbons (Fsp3) is 0.127. The smallest absolute Gasteiger partial charge is 0.416 e. The molecule has 0 heterocycles. The minimum Gasteiger partial charge on any atom is -0.506 e. The largest absolute Gasteiger partial charge is 0.506 e. The highest BCUT2D eigenvalue weighted by molar-refractivity contribution is 14.1. The minimum atomic E-state index is -4.48. The summed E-state index contributed by atoms with van der Waals surface area (Å²) in [5.41, 5.74) is 5.74. The third-order valence-corrected chi connectivity index (χ3v) is 33.2. The zero-order valence-electron chi connectivity index (χ0n) is 72.4. The van der Waals surface area contributed by atoms with Crippen LogP contribution in [0.4, 0.5) is 35.1 Å². The number of halogens is 13. The number of alkyl halides is 6. The summed E-state index contributed by atoms with van der Waals surface area (Å²) in [6.07, 6.45) is -8.97. The van der Waals surface area contributed by atoms with Gasteiger partial charge in [0.05, 0.1) is 61.8 Å². The van der Waals surface area contributed by atoms with Crippen molar-refractivity contribution in [1.82, 2.24) is 0 Å². The van der Waals surface area contributed by atoms with Crippen LogP contribution in [0.15, 0.2) is 447 Å². The molecule has 0 aliphatic rings. The molecule has 5 nitrogen and oxygen atoms in total. The Balaban J connectivity index is 0.000000150. The minimum absolute atomic E-state index is 0.140. The van der Waals surface area contributed by atoms with Crippen LogP contribution >= 0.6 is 113 Å². The van der Waals surface area contributed by atoms with E-state index in [9.17, 15) is 40.2 Å². The summed E-state index contributed by atoms with van der Waals surface area (Å²) in [5, 5.41) is 9.93. The Morgan fingerprint density at radius 1 is 0.235 bits per heavy atom. The molecule has 0 bridgehead atoms. The van der Waals surface area contributed by atoms with Crippen molar-refractivity contribution in [3.05, 3.63) is 462 Å². The van der Waals surface area contributed by atoms with Gasteiger partial charge in [0.15, 0.2) is 58.7 Å². The summed E-state index contributed by atoms with van der Waals surface area (Å²) < 4.78 is 134. The van der Waals surface area contributed by atoms with Gasteiger partial charge in [0.25, 0.3) is 0 Å². The second-order valence-corrected chi connectivity index (χ2v) is 46.3. The first-order valence-electron chi connectivity index (χ1n) is 41.7. The van der Waals surface area contributed by atoms with Gasteiger partial charge >= 0.3 is 12.4 Å². The molecule has 0 fully saturated rings. The fourth-order valence-corrected chi connectivity index (χ4v) is 24.6. The van der Waals surface area contributed by atoms with E-state index in [0.717, 1.165) is 88.5 Å². The maximum Gasteiger partial charge on any atom is 0.416 e. The molecule has 0 saturated heterocycles. The quantitative estimate of drug-likeness (QED) is 0.0371. The molecular weight excluding hydrogens is 2320 g/mol. The van der Waals surface area contributed by atoms with E-state index in [1.807, 2.05) is 72.8 Å². The molecule has 0 radical (unpaired) electrons. The molecule has 22 heteroatoms. The van der Waals surface area contributed by atoms with Crippen molar-refractivity contribution < 1.29 is 59.2 Å². The van der Waals surface area contributed by atoms with Gasteiger partial charge in [-0.2, -0.15) is 26.3 Å². The van der Waals surface area contributed by atoms with E-state index in [1.54, 1.807) is 48.5 Å². The number of hydrogen-bond acceptors (Lipinski definition) is 5. The lowest BCUT2D eigenvalue weighted by molar-refractivity contribution is -0.138. The number of rotatable bonds is 24. The van der Waals surface area contributed by atoms with Crippen LogP contribution in [0.3, 0.4) is 0 Å². The lowest BCUT2D eigenvalue weighted by Crippen LogP contribution is -2.13. The zero-order valence-corrected chi connectivity index (χ0v) is 86.5. The number of hydrogen-bond donors (Lipinski definition) is 1. The molecule has 1 N–H and O–H groups in total. The second kappa shape index (κ2) is 47.0. The van der Waals surface area contributed by atoms with Crippen molar-refractivity contribution in [3.8, 4) is 28.7 Å². The molecule has 672 valence electrons. The van der Waals surface area contributed by atoms with Crippen molar-refractivity contribution in [1.29, 1.82) is 0 Å². The Kier molecular flexibility index (Phi) is 35.8. The molecule has 0 unspecified atom stereocenters. The van der Waals surface area contributed by atoms with Gasteiger partial charge in [-0.05, 0) is 448 Å². The Morgan fingerprint density at radius 3 is 0.636 bits per heavy atom. The summed E-state index contributed by atoms with van der Waals surface area (Å²) in [6, 6.07) is 122. The van der Waals surface area contributed by atoms with E-state index in [-0.39, 0.29) is 44.3 Å². The Bertz CT molecular complexity index is 5900. The second-order valence-electron chi connectivity index (χ2n) is 32.2. The highest BCUT2D eigenvalue weighted by Crippen LogP contribution is 2.42. The van der Waals surface area contributed by atoms with Crippen molar-refractivity contribution in [2.24, 2.45) is 0 Å². The van der Waals surface area contributed by atoms with E-state index in [2.05, 4.69) is 349 Å². The number of benzene rings is 16. The van der Waals surface area contributed by atoms with Gasteiger partial charge in [0.1, 0.15) is 66.8 Å². The number of ether oxygens (including phenoxy) is 4. The maximum atomic E-state index is 13.4. The molecule has 16 aromatic carbocycles. The molecular formula is C110H91F8I5O5S4+4. The molecule has 0 saturated carbocycles. The van der Waals surface area contributed by atoms with Crippen LogP contribution in [0, 0.1) is 29.5 Å². The third-order valence-electron chi connectivity index (χ3n) is 20.5. The molecule has 16 aromatic rings. The van der Waals surface area contributed by atoms with Crippen molar-refractivity contribution in [2.45, 2.75) is 150 Å². The molecule has 16 rings (SSSR count). The van der Waals surface area contributed by atoms with Crippen molar-refractivity contribution in [2.75, 3.05) is 0 Å². The highest BCUT2D eigenvalue weighted by Gasteiger charge is 2.38. The van der Waals surface area contributed by atoms with Crippen LogP contribution in [-0.2, 0) is 93.2 Å². The van der Waals surface area contributed by atoms with E-state index < -0.39 is 45.3 Å². The number of phenols is 1. The van der Waals surface area contributed by atoms with E-state index in [4.69, 9.17) is 18.9 Å². The summed E-state index contributed by atoms with van der Waals surface area (Å²) in [7, 11) is -1.75. The van der Waals surface area contributed by atoms with Gasteiger partial charge in [-0.3, -0.25) is 0 Å². The molecule has 0 aliphatic carbocycles. The van der Waals surface area contributed by atoms with Crippen molar-refractivity contribution in [3.63, 3.8) is 0 Å². The summed E-state index contributed by atoms with van der Waals surface area (Å²) in [5.74, 6) is 2.88. The van der Waals surface area contributed by atoms with E-state index >= 15 is 0 Å². The molecule has 132 heavy (non-hydrogen) atoms. The van der Waals surface area contributed by atoms with E-state index in [0.29, 0.717) is 47.7 Å². The predicted molar refractivity (Wildman–Crippen MR) is 562 cm³/mol. The average molecular weight is 2410 g/mol. The summed E-state index contributed by atoms with van der Waals surface area (Å²) >= 11 is 11.1. The Hall–Kier alpha value is -8.99. The van der Waals surface area contributed by atoms with Gasteiger partial charge in [0.2, 0.25) is 0 Å². The van der Waals surface area contributed by atoms with Crippen LogP contribution in [0.25, 0.3) is 0 Å². The van der Waals surface area contributed by atoms with Gasteiger partial charge in [-0.15, -0.1) is 0 Å². The Labute approximate surface area is 847 Å². The fourth-order valence-electron chi connectivity index (χ4n) is 13.4. The lowest BCUT2D eigenvalue weighted by atomic mass is 9.87.